The highest BCUT2D eigenvalue weighted by atomic mass is 35.5. The third kappa shape index (κ3) is 6.40. The van der Waals surface area contributed by atoms with Gasteiger partial charge in [-0.2, -0.15) is 16.9 Å². The van der Waals surface area contributed by atoms with Crippen molar-refractivity contribution in [3.63, 3.8) is 0 Å². The van der Waals surface area contributed by atoms with Crippen LogP contribution < -0.4 is 14.5 Å². The number of carbonyl (C=O) groups is 1. The van der Waals surface area contributed by atoms with Gasteiger partial charge in [0.2, 0.25) is 0 Å². The summed E-state index contributed by atoms with van der Waals surface area (Å²) >= 11 is 7.78. The van der Waals surface area contributed by atoms with Gasteiger partial charge in [0.1, 0.15) is 18.4 Å². The van der Waals surface area contributed by atoms with Crippen molar-refractivity contribution in [1.82, 2.24) is 5.43 Å². The van der Waals surface area contributed by atoms with Crippen LogP contribution in [0.5, 0.6) is 5.75 Å². The second kappa shape index (κ2) is 11.4. The summed E-state index contributed by atoms with van der Waals surface area (Å²) in [6, 6.07) is 18.5. The molecule has 0 spiro atoms. The Hall–Kier alpha value is -3.01. The Morgan fingerprint density at radius 1 is 1.11 bits per heavy atom. The predicted octanol–water partition coefficient (Wildman–Crippen LogP) is 4.80. The van der Waals surface area contributed by atoms with E-state index in [0.717, 1.165) is 38.3 Å². The van der Waals surface area contributed by atoms with Crippen molar-refractivity contribution in [2.45, 2.75) is 24.8 Å². The molecule has 1 saturated heterocycles. The van der Waals surface area contributed by atoms with Crippen molar-refractivity contribution < 1.29 is 17.9 Å². The topological polar surface area (TPSA) is 88.1 Å². The molecule has 3 aromatic rings. The Morgan fingerprint density at radius 3 is 2.53 bits per heavy atom. The Kier molecular flexibility index (Phi) is 8.23. The van der Waals surface area contributed by atoms with Crippen LogP contribution in [-0.4, -0.2) is 44.7 Å². The van der Waals surface area contributed by atoms with Crippen LogP contribution in [0.3, 0.4) is 0 Å². The van der Waals surface area contributed by atoms with Crippen LogP contribution in [0.1, 0.15) is 16.7 Å². The third-order valence-electron chi connectivity index (χ3n) is 5.64. The summed E-state index contributed by atoms with van der Waals surface area (Å²) in [4.78, 5) is 12.8. The molecule has 0 unspecified atom stereocenters. The van der Waals surface area contributed by atoms with Gasteiger partial charge in [-0.3, -0.25) is 9.10 Å². The molecule has 1 aliphatic heterocycles. The van der Waals surface area contributed by atoms with Gasteiger partial charge in [0.15, 0.2) is 0 Å². The number of halogens is 1. The smallest absolute Gasteiger partial charge is 0.264 e. The summed E-state index contributed by atoms with van der Waals surface area (Å²) in [6.45, 7) is 3.37. The number of aryl methyl sites for hydroxylation is 2. The van der Waals surface area contributed by atoms with Gasteiger partial charge in [0, 0.05) is 16.5 Å². The van der Waals surface area contributed by atoms with Gasteiger partial charge in [-0.15, -0.1) is 0 Å². The van der Waals surface area contributed by atoms with Crippen LogP contribution in [0.25, 0.3) is 0 Å². The molecular weight excluding hydrogens is 518 g/mol. The fourth-order valence-corrected chi connectivity index (χ4v) is 5.52. The molecule has 1 heterocycles. The molecule has 3 aromatic carbocycles. The maximum atomic E-state index is 13.5. The molecule has 1 N–H and O–H groups in total. The van der Waals surface area contributed by atoms with Gasteiger partial charge < -0.3 is 4.74 Å². The molecular formula is C26H26ClN3O4S2. The van der Waals surface area contributed by atoms with Gasteiger partial charge in [0.25, 0.3) is 15.9 Å². The number of amides is 1. The molecule has 10 heteroatoms. The van der Waals surface area contributed by atoms with E-state index in [1.165, 1.54) is 30.5 Å². The van der Waals surface area contributed by atoms with Crippen molar-refractivity contribution in [2.75, 3.05) is 22.4 Å². The lowest BCUT2D eigenvalue weighted by molar-refractivity contribution is -0.119. The first-order valence-corrected chi connectivity index (χ1v) is 14.2. The second-order valence-electron chi connectivity index (χ2n) is 8.38. The van der Waals surface area contributed by atoms with Gasteiger partial charge >= 0.3 is 0 Å². The lowest BCUT2D eigenvalue weighted by Gasteiger charge is -2.25. The van der Waals surface area contributed by atoms with Crippen LogP contribution in [0.2, 0.25) is 5.02 Å². The number of carbonyl (C=O) groups excluding carboxylic acids is 1. The van der Waals surface area contributed by atoms with Crippen LogP contribution in [-0.2, 0) is 14.8 Å². The summed E-state index contributed by atoms with van der Waals surface area (Å²) in [7, 11) is -4.04. The highest BCUT2D eigenvalue weighted by Crippen LogP contribution is 2.27. The standard InChI is InChI=1S/C26H26ClN3O4S2/c1-18-6-9-22(12-19(18)2)30(36(32,33)25-10-7-21(27)8-11-25)15-26(31)29-28-14-20-4-3-5-23(13-20)34-24-16-35-17-24/h3-14,24H,15-17H2,1-2H3,(H,29,31)/b28-14-. The van der Waals surface area contributed by atoms with Gasteiger partial charge in [-0.1, -0.05) is 29.8 Å². The average Bonchev–Trinajstić information content (AvgIpc) is 2.82. The number of hydrogen-bond donors (Lipinski definition) is 1. The van der Waals surface area contributed by atoms with Crippen molar-refractivity contribution in [1.29, 1.82) is 0 Å². The maximum absolute atomic E-state index is 13.5. The molecule has 1 fully saturated rings. The summed E-state index contributed by atoms with van der Waals surface area (Å²) in [6.07, 6.45) is 1.72. The average molecular weight is 544 g/mol. The molecule has 0 radical (unpaired) electrons. The number of nitrogens with zero attached hydrogens (tertiary/aromatic N) is 2. The highest BCUT2D eigenvalue weighted by molar-refractivity contribution is 8.00. The van der Waals surface area contributed by atoms with Crippen molar-refractivity contribution >= 4 is 51.2 Å². The molecule has 188 valence electrons. The molecule has 0 aromatic heterocycles. The fourth-order valence-electron chi connectivity index (χ4n) is 3.42. The minimum Gasteiger partial charge on any atom is -0.489 e. The predicted molar refractivity (Wildman–Crippen MR) is 146 cm³/mol. The molecule has 1 amide bonds. The molecule has 0 bridgehead atoms. The monoisotopic (exact) mass is 543 g/mol. The summed E-state index contributed by atoms with van der Waals surface area (Å²) < 4.78 is 33.9. The van der Waals surface area contributed by atoms with Crippen LogP contribution in [0.4, 0.5) is 5.69 Å². The zero-order valence-electron chi connectivity index (χ0n) is 19.8. The lowest BCUT2D eigenvalue weighted by Crippen LogP contribution is -2.39. The first-order chi connectivity index (χ1) is 17.2. The maximum Gasteiger partial charge on any atom is 0.264 e. The molecule has 0 saturated carbocycles. The van der Waals surface area contributed by atoms with E-state index in [-0.39, 0.29) is 11.0 Å². The number of thioether (sulfide) groups is 1. The molecule has 4 rings (SSSR count). The third-order valence-corrected chi connectivity index (χ3v) is 8.89. The van der Waals surface area contributed by atoms with E-state index in [9.17, 15) is 13.2 Å². The van der Waals surface area contributed by atoms with Crippen molar-refractivity contribution in [3.05, 3.63) is 88.4 Å². The first-order valence-electron chi connectivity index (χ1n) is 11.2. The SMILES string of the molecule is Cc1ccc(N(CC(=O)N/N=C\c2cccc(OC3CSC3)c2)S(=O)(=O)c2ccc(Cl)cc2)cc1C. The number of anilines is 1. The highest BCUT2D eigenvalue weighted by Gasteiger charge is 2.27. The number of rotatable bonds is 9. The number of benzene rings is 3. The minimum absolute atomic E-state index is 0.0307. The largest absolute Gasteiger partial charge is 0.489 e. The summed E-state index contributed by atoms with van der Waals surface area (Å²) in [5.74, 6) is 2.11. The number of hydrazone groups is 1. The first kappa shape index (κ1) is 26.1. The number of hydrogen-bond acceptors (Lipinski definition) is 6. The fraction of sp³-hybridized carbons (Fsp3) is 0.231. The van der Waals surface area contributed by atoms with E-state index in [1.54, 1.807) is 12.1 Å². The van der Waals surface area contributed by atoms with Gasteiger partial charge in [0.05, 0.1) is 16.8 Å². The Bertz CT molecular complexity index is 1370. The van der Waals surface area contributed by atoms with Gasteiger partial charge in [-0.05, 0) is 79.1 Å². The van der Waals surface area contributed by atoms with Gasteiger partial charge in [-0.25, -0.2) is 13.8 Å². The second-order valence-corrected chi connectivity index (χ2v) is 11.8. The zero-order chi connectivity index (χ0) is 25.7. The number of nitrogens with one attached hydrogen (secondary N) is 1. The van der Waals surface area contributed by atoms with E-state index >= 15 is 0 Å². The van der Waals surface area contributed by atoms with Crippen molar-refractivity contribution in [3.8, 4) is 5.75 Å². The molecule has 7 nitrogen and oxygen atoms in total. The van der Waals surface area contributed by atoms with E-state index in [0.29, 0.717) is 10.7 Å². The van der Waals surface area contributed by atoms with Crippen LogP contribution in [0.15, 0.2) is 76.7 Å². The molecule has 36 heavy (non-hydrogen) atoms. The zero-order valence-corrected chi connectivity index (χ0v) is 22.2. The Labute approximate surface area is 220 Å². The normalized spacial score (nSPS) is 13.9. The Balaban J connectivity index is 1.50. The van der Waals surface area contributed by atoms with E-state index in [2.05, 4.69) is 10.5 Å². The minimum atomic E-state index is -4.04. The Morgan fingerprint density at radius 2 is 1.86 bits per heavy atom. The lowest BCUT2D eigenvalue weighted by atomic mass is 10.1. The quantitative estimate of drug-likeness (QED) is 0.309. The number of ether oxygens (including phenoxy) is 1. The molecule has 1 aliphatic rings. The summed E-state index contributed by atoms with van der Waals surface area (Å²) in [5, 5.41) is 4.43. The van der Waals surface area contributed by atoms with Crippen LogP contribution >= 0.6 is 23.4 Å². The van der Waals surface area contributed by atoms with E-state index in [1.807, 2.05) is 55.9 Å². The molecule has 0 atom stereocenters. The number of sulfonamides is 1. The van der Waals surface area contributed by atoms with E-state index in [4.69, 9.17) is 16.3 Å². The van der Waals surface area contributed by atoms with E-state index < -0.39 is 22.5 Å². The van der Waals surface area contributed by atoms with Crippen molar-refractivity contribution in [2.24, 2.45) is 5.10 Å². The summed E-state index contributed by atoms with van der Waals surface area (Å²) in [5.41, 5.74) is 5.48. The molecule has 0 aliphatic carbocycles. The van der Waals surface area contributed by atoms with Crippen LogP contribution in [0, 0.1) is 13.8 Å².